The van der Waals surface area contributed by atoms with E-state index in [0.717, 1.165) is 4.47 Å². The molecule has 0 amide bonds. The molecule has 0 fully saturated rings. The number of rotatable bonds is 3. The molecule has 1 heterocycles. The summed E-state index contributed by atoms with van der Waals surface area (Å²) >= 11 is 3.24. The Morgan fingerprint density at radius 3 is 2.44 bits per heavy atom. The van der Waals surface area contributed by atoms with Crippen molar-refractivity contribution in [1.82, 2.24) is 9.97 Å². The SMILES string of the molecule is COC(=O)C(N)C(C)(C)c1ncc(Br)cn1. The average Bonchev–Trinajstić information content (AvgIpc) is 2.27. The number of carbonyl (C=O) groups excluding carboxylic acids is 1. The summed E-state index contributed by atoms with van der Waals surface area (Å²) in [4.78, 5) is 19.7. The van der Waals surface area contributed by atoms with Gasteiger partial charge in [-0.05, 0) is 15.9 Å². The first-order valence-electron chi connectivity index (χ1n) is 4.71. The summed E-state index contributed by atoms with van der Waals surface area (Å²) in [5, 5.41) is 0. The summed E-state index contributed by atoms with van der Waals surface area (Å²) in [6.07, 6.45) is 3.24. The number of esters is 1. The van der Waals surface area contributed by atoms with Gasteiger partial charge in [-0.25, -0.2) is 9.97 Å². The van der Waals surface area contributed by atoms with Crippen molar-refractivity contribution < 1.29 is 9.53 Å². The minimum atomic E-state index is -0.793. The lowest BCUT2D eigenvalue weighted by Crippen LogP contribution is -2.48. The van der Waals surface area contributed by atoms with Crippen molar-refractivity contribution >= 4 is 21.9 Å². The minimum absolute atomic E-state index is 0.475. The number of aromatic nitrogens is 2. The molecule has 16 heavy (non-hydrogen) atoms. The van der Waals surface area contributed by atoms with Crippen molar-refractivity contribution in [3.63, 3.8) is 0 Å². The molecule has 0 aliphatic heterocycles. The fourth-order valence-corrected chi connectivity index (χ4v) is 1.41. The van der Waals surface area contributed by atoms with Gasteiger partial charge in [0.05, 0.1) is 17.0 Å². The lowest BCUT2D eigenvalue weighted by molar-refractivity contribution is -0.143. The molecule has 88 valence electrons. The standard InChI is InChI=1S/C10H14BrN3O2/c1-10(2,7(12)8(15)16-3)9-13-4-6(11)5-14-9/h4-5,7H,12H2,1-3H3. The Hall–Kier alpha value is -1.01. The molecule has 0 spiro atoms. The van der Waals surface area contributed by atoms with E-state index in [-0.39, 0.29) is 0 Å². The van der Waals surface area contributed by atoms with Gasteiger partial charge in [-0.3, -0.25) is 4.79 Å². The molecule has 0 saturated carbocycles. The Morgan fingerprint density at radius 1 is 1.50 bits per heavy atom. The summed E-state index contributed by atoms with van der Waals surface area (Å²) in [5.41, 5.74) is 5.14. The van der Waals surface area contributed by atoms with Gasteiger partial charge >= 0.3 is 5.97 Å². The average molecular weight is 288 g/mol. The zero-order valence-corrected chi connectivity index (χ0v) is 11.0. The number of hydrogen-bond acceptors (Lipinski definition) is 5. The Bertz CT molecular complexity index is 378. The smallest absolute Gasteiger partial charge is 0.323 e. The van der Waals surface area contributed by atoms with Gasteiger partial charge in [0.2, 0.25) is 0 Å². The monoisotopic (exact) mass is 287 g/mol. The van der Waals surface area contributed by atoms with Crippen LogP contribution in [-0.4, -0.2) is 29.1 Å². The maximum Gasteiger partial charge on any atom is 0.323 e. The molecular weight excluding hydrogens is 274 g/mol. The number of methoxy groups -OCH3 is 1. The molecule has 0 aliphatic carbocycles. The third-order valence-corrected chi connectivity index (χ3v) is 2.84. The van der Waals surface area contributed by atoms with E-state index in [1.807, 2.05) is 0 Å². The Labute approximate surface area is 103 Å². The van der Waals surface area contributed by atoms with E-state index in [9.17, 15) is 4.79 Å². The van der Waals surface area contributed by atoms with Crippen LogP contribution >= 0.6 is 15.9 Å². The van der Waals surface area contributed by atoms with Crippen LogP contribution < -0.4 is 5.73 Å². The van der Waals surface area contributed by atoms with E-state index in [0.29, 0.717) is 5.82 Å². The molecule has 1 unspecified atom stereocenters. The first kappa shape index (κ1) is 13.1. The second-order valence-electron chi connectivity index (χ2n) is 3.95. The molecule has 1 aromatic heterocycles. The molecule has 5 nitrogen and oxygen atoms in total. The zero-order chi connectivity index (χ0) is 12.3. The molecule has 1 aromatic rings. The Morgan fingerprint density at radius 2 is 2.00 bits per heavy atom. The van der Waals surface area contributed by atoms with Crippen molar-refractivity contribution in [2.45, 2.75) is 25.3 Å². The van der Waals surface area contributed by atoms with E-state index in [2.05, 4.69) is 30.6 Å². The van der Waals surface area contributed by atoms with Crippen molar-refractivity contribution in [1.29, 1.82) is 0 Å². The predicted molar refractivity (Wildman–Crippen MR) is 62.7 cm³/mol. The molecule has 0 aromatic carbocycles. The summed E-state index contributed by atoms with van der Waals surface area (Å²) in [5.74, 6) is 0.0325. The van der Waals surface area contributed by atoms with Gasteiger partial charge in [0.1, 0.15) is 11.9 Å². The fourth-order valence-electron chi connectivity index (χ4n) is 1.21. The highest BCUT2D eigenvalue weighted by Gasteiger charge is 2.36. The summed E-state index contributed by atoms with van der Waals surface area (Å²) in [7, 11) is 1.31. The highest BCUT2D eigenvalue weighted by Crippen LogP contribution is 2.23. The van der Waals surface area contributed by atoms with Crippen LogP contribution in [0.2, 0.25) is 0 Å². The van der Waals surface area contributed by atoms with E-state index in [4.69, 9.17) is 5.73 Å². The van der Waals surface area contributed by atoms with Gasteiger partial charge in [0, 0.05) is 12.4 Å². The Balaban J connectivity index is 3.01. The quantitative estimate of drug-likeness (QED) is 0.840. The molecule has 2 N–H and O–H groups in total. The lowest BCUT2D eigenvalue weighted by atomic mass is 9.84. The normalized spacial score (nSPS) is 13.3. The van der Waals surface area contributed by atoms with E-state index < -0.39 is 17.4 Å². The van der Waals surface area contributed by atoms with Crippen LogP contribution in [-0.2, 0) is 14.9 Å². The predicted octanol–water partition coefficient (Wildman–Crippen LogP) is 1.02. The van der Waals surface area contributed by atoms with Gasteiger partial charge < -0.3 is 10.5 Å². The molecular formula is C10H14BrN3O2. The minimum Gasteiger partial charge on any atom is -0.468 e. The summed E-state index contributed by atoms with van der Waals surface area (Å²) in [6.45, 7) is 3.61. The van der Waals surface area contributed by atoms with Gasteiger partial charge in [0.25, 0.3) is 0 Å². The van der Waals surface area contributed by atoms with Crippen LogP contribution in [0.15, 0.2) is 16.9 Å². The highest BCUT2D eigenvalue weighted by atomic mass is 79.9. The van der Waals surface area contributed by atoms with Crippen LogP contribution in [0.25, 0.3) is 0 Å². The van der Waals surface area contributed by atoms with Crippen LogP contribution in [0.3, 0.4) is 0 Å². The Kier molecular flexibility index (Phi) is 3.98. The topological polar surface area (TPSA) is 78.1 Å². The van der Waals surface area contributed by atoms with Crippen molar-refractivity contribution in [2.24, 2.45) is 5.73 Å². The van der Waals surface area contributed by atoms with Gasteiger partial charge in [0.15, 0.2) is 0 Å². The van der Waals surface area contributed by atoms with E-state index in [1.54, 1.807) is 26.2 Å². The molecule has 1 atom stereocenters. The van der Waals surface area contributed by atoms with Crippen LogP contribution in [0.1, 0.15) is 19.7 Å². The number of hydrogen-bond donors (Lipinski definition) is 1. The molecule has 0 bridgehead atoms. The van der Waals surface area contributed by atoms with Gasteiger partial charge in [-0.15, -0.1) is 0 Å². The second kappa shape index (κ2) is 4.88. The number of ether oxygens (including phenoxy) is 1. The number of nitrogens with two attached hydrogens (primary N) is 1. The van der Waals surface area contributed by atoms with E-state index in [1.165, 1.54) is 7.11 Å². The van der Waals surface area contributed by atoms with Gasteiger partial charge in [-0.1, -0.05) is 13.8 Å². The van der Waals surface area contributed by atoms with Crippen LogP contribution in [0.4, 0.5) is 0 Å². The number of halogens is 1. The largest absolute Gasteiger partial charge is 0.468 e. The fraction of sp³-hybridized carbons (Fsp3) is 0.500. The van der Waals surface area contributed by atoms with Crippen LogP contribution in [0.5, 0.6) is 0 Å². The molecule has 0 radical (unpaired) electrons. The lowest BCUT2D eigenvalue weighted by Gasteiger charge is -2.27. The highest BCUT2D eigenvalue weighted by molar-refractivity contribution is 9.10. The zero-order valence-electron chi connectivity index (χ0n) is 9.40. The summed E-state index contributed by atoms with van der Waals surface area (Å²) < 4.78 is 5.39. The van der Waals surface area contributed by atoms with Crippen molar-refractivity contribution in [3.05, 3.63) is 22.7 Å². The maximum absolute atomic E-state index is 11.4. The second-order valence-corrected chi connectivity index (χ2v) is 4.86. The molecule has 1 rings (SSSR count). The first-order chi connectivity index (χ1) is 7.39. The van der Waals surface area contributed by atoms with E-state index >= 15 is 0 Å². The summed E-state index contributed by atoms with van der Waals surface area (Å²) in [6, 6.07) is -0.793. The third kappa shape index (κ3) is 2.56. The van der Waals surface area contributed by atoms with Gasteiger partial charge in [-0.2, -0.15) is 0 Å². The first-order valence-corrected chi connectivity index (χ1v) is 5.50. The molecule has 0 saturated heterocycles. The maximum atomic E-state index is 11.4. The number of carbonyl (C=O) groups is 1. The van der Waals surface area contributed by atoms with Crippen molar-refractivity contribution in [3.8, 4) is 0 Å². The molecule has 0 aliphatic rings. The van der Waals surface area contributed by atoms with Crippen LogP contribution in [0, 0.1) is 0 Å². The third-order valence-electron chi connectivity index (χ3n) is 2.43. The molecule has 6 heteroatoms. The number of nitrogens with zero attached hydrogens (tertiary/aromatic N) is 2. The van der Waals surface area contributed by atoms with Crippen molar-refractivity contribution in [2.75, 3.05) is 7.11 Å².